The fourth-order valence-corrected chi connectivity index (χ4v) is 3.02. The summed E-state index contributed by atoms with van der Waals surface area (Å²) in [6.45, 7) is 3.92. The van der Waals surface area contributed by atoms with Gasteiger partial charge in [0.1, 0.15) is 5.82 Å². The third-order valence-corrected chi connectivity index (χ3v) is 4.11. The van der Waals surface area contributed by atoms with Crippen LogP contribution < -0.4 is 0 Å². The normalized spacial score (nSPS) is 17.6. The van der Waals surface area contributed by atoms with E-state index in [-0.39, 0.29) is 11.5 Å². The standard InChI is InChI=1S/C16H17FN2O2/c1-9-3-5-14-12(7-9)15(16(20)21)18-19(14)13-6-4-11(17)8-10(13)2/h4,6,8-9H,3,5,7H2,1-2H3,(H,20,21). The molecule has 0 amide bonds. The molecule has 110 valence electrons. The summed E-state index contributed by atoms with van der Waals surface area (Å²) in [6.07, 6.45) is 2.54. The topological polar surface area (TPSA) is 55.1 Å². The van der Waals surface area contributed by atoms with Crippen molar-refractivity contribution in [2.75, 3.05) is 0 Å². The van der Waals surface area contributed by atoms with Crippen LogP contribution in [0.15, 0.2) is 18.2 Å². The zero-order valence-electron chi connectivity index (χ0n) is 12.1. The minimum atomic E-state index is -1.00. The Hall–Kier alpha value is -2.17. The van der Waals surface area contributed by atoms with E-state index in [0.717, 1.165) is 41.8 Å². The average molecular weight is 288 g/mol. The quantitative estimate of drug-likeness (QED) is 0.923. The molecule has 5 heteroatoms. The van der Waals surface area contributed by atoms with Crippen LogP contribution in [0, 0.1) is 18.7 Å². The van der Waals surface area contributed by atoms with Crippen LogP contribution in [0.25, 0.3) is 5.69 Å². The maximum Gasteiger partial charge on any atom is 0.356 e. The third-order valence-electron chi connectivity index (χ3n) is 4.11. The highest BCUT2D eigenvalue weighted by atomic mass is 19.1. The number of rotatable bonds is 2. The number of fused-ring (bicyclic) bond motifs is 1. The number of carboxylic acids is 1. The molecule has 1 aliphatic carbocycles. The Labute approximate surface area is 122 Å². The zero-order valence-corrected chi connectivity index (χ0v) is 12.1. The van der Waals surface area contributed by atoms with Crippen molar-refractivity contribution in [2.24, 2.45) is 5.92 Å². The van der Waals surface area contributed by atoms with Crippen LogP contribution in [0.5, 0.6) is 0 Å². The Morgan fingerprint density at radius 3 is 2.90 bits per heavy atom. The number of hydrogen-bond donors (Lipinski definition) is 1. The van der Waals surface area contributed by atoms with Crippen LogP contribution in [0.3, 0.4) is 0 Å². The van der Waals surface area contributed by atoms with Crippen molar-refractivity contribution in [3.63, 3.8) is 0 Å². The molecule has 0 radical (unpaired) electrons. The second-order valence-electron chi connectivity index (χ2n) is 5.77. The summed E-state index contributed by atoms with van der Waals surface area (Å²) >= 11 is 0. The minimum Gasteiger partial charge on any atom is -0.476 e. The van der Waals surface area contributed by atoms with Gasteiger partial charge in [0.2, 0.25) is 0 Å². The van der Waals surface area contributed by atoms with Crippen molar-refractivity contribution in [2.45, 2.75) is 33.1 Å². The lowest BCUT2D eigenvalue weighted by Crippen LogP contribution is -2.15. The first kappa shape index (κ1) is 13.8. The Morgan fingerprint density at radius 1 is 1.48 bits per heavy atom. The van der Waals surface area contributed by atoms with Crippen molar-refractivity contribution >= 4 is 5.97 Å². The fraction of sp³-hybridized carbons (Fsp3) is 0.375. The maximum absolute atomic E-state index is 13.3. The molecule has 21 heavy (non-hydrogen) atoms. The first-order valence-electron chi connectivity index (χ1n) is 7.08. The first-order valence-corrected chi connectivity index (χ1v) is 7.08. The van der Waals surface area contributed by atoms with E-state index in [2.05, 4.69) is 12.0 Å². The van der Waals surface area contributed by atoms with Crippen molar-refractivity contribution in [3.05, 3.63) is 46.5 Å². The zero-order chi connectivity index (χ0) is 15.1. The van der Waals surface area contributed by atoms with Gasteiger partial charge in [-0.3, -0.25) is 0 Å². The summed E-state index contributed by atoms with van der Waals surface area (Å²) in [5.41, 5.74) is 3.39. The molecule has 0 bridgehead atoms. The van der Waals surface area contributed by atoms with Gasteiger partial charge in [0.15, 0.2) is 5.69 Å². The molecule has 1 heterocycles. The molecule has 1 unspecified atom stereocenters. The molecule has 1 aromatic carbocycles. The predicted molar refractivity (Wildman–Crippen MR) is 76.4 cm³/mol. The van der Waals surface area contributed by atoms with E-state index < -0.39 is 5.97 Å². The number of carboxylic acid groups (broad SMARTS) is 1. The van der Waals surface area contributed by atoms with E-state index in [1.807, 2.05) is 0 Å². The minimum absolute atomic E-state index is 0.125. The van der Waals surface area contributed by atoms with Crippen LogP contribution in [0.1, 0.15) is 40.7 Å². The molecule has 0 spiro atoms. The fourth-order valence-electron chi connectivity index (χ4n) is 3.02. The molecule has 0 saturated heterocycles. The highest BCUT2D eigenvalue weighted by Gasteiger charge is 2.28. The molecule has 0 fully saturated rings. The Bertz CT molecular complexity index is 721. The van der Waals surface area contributed by atoms with Gasteiger partial charge in [0.05, 0.1) is 5.69 Å². The summed E-state index contributed by atoms with van der Waals surface area (Å²) in [4.78, 5) is 11.4. The molecule has 2 aromatic rings. The number of halogens is 1. The van der Waals surface area contributed by atoms with Crippen molar-refractivity contribution < 1.29 is 14.3 Å². The van der Waals surface area contributed by atoms with E-state index in [4.69, 9.17) is 0 Å². The van der Waals surface area contributed by atoms with E-state index in [1.54, 1.807) is 17.7 Å². The van der Waals surface area contributed by atoms with E-state index >= 15 is 0 Å². The van der Waals surface area contributed by atoms with E-state index in [0.29, 0.717) is 5.92 Å². The molecular formula is C16H17FN2O2. The molecule has 1 aliphatic rings. The monoisotopic (exact) mass is 288 g/mol. The molecule has 4 nitrogen and oxygen atoms in total. The molecule has 1 atom stereocenters. The van der Waals surface area contributed by atoms with Crippen molar-refractivity contribution in [1.29, 1.82) is 0 Å². The van der Waals surface area contributed by atoms with Gasteiger partial charge in [-0.2, -0.15) is 5.10 Å². The summed E-state index contributed by atoms with van der Waals surface area (Å²) in [6, 6.07) is 4.47. The predicted octanol–water partition coefficient (Wildman–Crippen LogP) is 3.14. The van der Waals surface area contributed by atoms with Crippen molar-refractivity contribution in [1.82, 2.24) is 9.78 Å². The Kier molecular flexibility index (Phi) is 3.27. The molecule has 0 aliphatic heterocycles. The summed E-state index contributed by atoms with van der Waals surface area (Å²) < 4.78 is 14.9. The van der Waals surface area contributed by atoms with Gasteiger partial charge in [-0.25, -0.2) is 13.9 Å². The highest BCUT2D eigenvalue weighted by Crippen LogP contribution is 2.30. The molecule has 1 aromatic heterocycles. The molecule has 0 saturated carbocycles. The van der Waals surface area contributed by atoms with Gasteiger partial charge in [-0.15, -0.1) is 0 Å². The maximum atomic E-state index is 13.3. The lowest BCUT2D eigenvalue weighted by molar-refractivity contribution is 0.0688. The van der Waals surface area contributed by atoms with Crippen LogP contribution in [-0.4, -0.2) is 20.9 Å². The van der Waals surface area contributed by atoms with Gasteiger partial charge in [0.25, 0.3) is 0 Å². The number of aromatic nitrogens is 2. The second-order valence-corrected chi connectivity index (χ2v) is 5.77. The second kappa shape index (κ2) is 4.98. The molecular weight excluding hydrogens is 271 g/mol. The SMILES string of the molecule is Cc1cc(F)ccc1-n1nc(C(=O)O)c2c1CCC(C)C2. The average Bonchev–Trinajstić information content (AvgIpc) is 2.77. The van der Waals surface area contributed by atoms with Gasteiger partial charge in [0, 0.05) is 11.3 Å². The Balaban J connectivity index is 2.19. The van der Waals surface area contributed by atoms with Crippen LogP contribution in [0.2, 0.25) is 0 Å². The van der Waals surface area contributed by atoms with Crippen LogP contribution in [-0.2, 0) is 12.8 Å². The molecule has 3 rings (SSSR count). The lowest BCUT2D eigenvalue weighted by Gasteiger charge is -2.20. The lowest BCUT2D eigenvalue weighted by atomic mass is 9.87. The highest BCUT2D eigenvalue weighted by molar-refractivity contribution is 5.87. The number of aryl methyl sites for hydroxylation is 1. The summed E-state index contributed by atoms with van der Waals surface area (Å²) in [5.74, 6) is -0.842. The van der Waals surface area contributed by atoms with Gasteiger partial charge < -0.3 is 5.11 Å². The summed E-state index contributed by atoms with van der Waals surface area (Å²) in [7, 11) is 0. The van der Waals surface area contributed by atoms with Gasteiger partial charge in [-0.05, 0) is 55.9 Å². The van der Waals surface area contributed by atoms with E-state index in [9.17, 15) is 14.3 Å². The number of hydrogen-bond acceptors (Lipinski definition) is 2. The Morgan fingerprint density at radius 2 is 2.24 bits per heavy atom. The van der Waals surface area contributed by atoms with Crippen molar-refractivity contribution in [3.8, 4) is 5.69 Å². The van der Waals surface area contributed by atoms with Crippen LogP contribution >= 0.6 is 0 Å². The largest absolute Gasteiger partial charge is 0.476 e. The number of nitrogens with zero attached hydrogens (tertiary/aromatic N) is 2. The van der Waals surface area contributed by atoms with E-state index in [1.165, 1.54) is 12.1 Å². The number of carbonyl (C=O) groups is 1. The third kappa shape index (κ3) is 2.33. The number of aromatic carboxylic acids is 1. The first-order chi connectivity index (χ1) is 9.97. The number of benzene rings is 1. The summed E-state index contributed by atoms with van der Waals surface area (Å²) in [5, 5.41) is 13.6. The van der Waals surface area contributed by atoms with Gasteiger partial charge in [-0.1, -0.05) is 6.92 Å². The smallest absolute Gasteiger partial charge is 0.356 e. The van der Waals surface area contributed by atoms with Crippen LogP contribution in [0.4, 0.5) is 4.39 Å². The molecule has 1 N–H and O–H groups in total. The van der Waals surface area contributed by atoms with Gasteiger partial charge >= 0.3 is 5.97 Å².